The normalized spacial score (nSPS) is 16.5. The Kier molecular flexibility index (Phi) is 3.74. The smallest absolute Gasteiger partial charge is 0.123 e. The van der Waals surface area contributed by atoms with Gasteiger partial charge in [0.05, 0.1) is 0 Å². The summed E-state index contributed by atoms with van der Waals surface area (Å²) in [5.74, 6) is -0.258. The van der Waals surface area contributed by atoms with Crippen LogP contribution in [0.3, 0.4) is 0 Å². The van der Waals surface area contributed by atoms with Crippen LogP contribution < -0.4 is 10.4 Å². The summed E-state index contributed by atoms with van der Waals surface area (Å²) in [7, 11) is 0. The highest BCUT2D eigenvalue weighted by atomic mass is 19.1. The molecule has 3 nitrogen and oxygen atoms in total. The average Bonchev–Trinajstić information content (AvgIpc) is 2.31. The van der Waals surface area contributed by atoms with Crippen LogP contribution in [-0.4, -0.2) is 18.3 Å². The molecule has 1 aliphatic rings. The first-order valence-corrected chi connectivity index (χ1v) is 5.71. The zero-order chi connectivity index (χ0) is 11.4. The lowest BCUT2D eigenvalue weighted by Crippen LogP contribution is -2.30. The van der Waals surface area contributed by atoms with Gasteiger partial charge in [-0.25, -0.2) is 9.87 Å². The molecule has 0 atom stereocenters. The van der Waals surface area contributed by atoms with Crippen molar-refractivity contribution in [3.05, 3.63) is 29.6 Å². The number of hydroxylamine groups is 1. The molecule has 0 amide bonds. The number of rotatable bonds is 3. The first-order chi connectivity index (χ1) is 7.81. The van der Waals surface area contributed by atoms with Crippen LogP contribution in [0.4, 0.5) is 10.1 Å². The largest absolute Gasteiger partial charge is 0.371 e. The van der Waals surface area contributed by atoms with E-state index in [0.29, 0.717) is 0 Å². The molecule has 1 heterocycles. The van der Waals surface area contributed by atoms with Gasteiger partial charge in [-0.05, 0) is 43.0 Å². The summed E-state index contributed by atoms with van der Waals surface area (Å²) in [5.41, 5.74) is 3.94. The molecule has 1 aromatic rings. The Morgan fingerprint density at radius 1 is 1.25 bits per heavy atom. The summed E-state index contributed by atoms with van der Waals surface area (Å²) in [6, 6.07) is 4.76. The highest BCUT2D eigenvalue weighted by Crippen LogP contribution is 2.24. The standard InChI is InChI=1S/C12H17FN2O/c13-11-4-5-12(10(8-11)9-14-16)15-6-2-1-3-7-15/h4-5,8,14,16H,1-3,6-7,9H2. The highest BCUT2D eigenvalue weighted by molar-refractivity contribution is 5.54. The van der Waals surface area contributed by atoms with Gasteiger partial charge in [-0.2, -0.15) is 0 Å². The number of nitrogens with one attached hydrogen (secondary N) is 1. The number of halogens is 1. The van der Waals surface area contributed by atoms with Gasteiger partial charge in [0.15, 0.2) is 0 Å². The SMILES string of the molecule is ONCc1cc(F)ccc1N1CCCCC1. The van der Waals surface area contributed by atoms with Crippen molar-refractivity contribution in [3.63, 3.8) is 0 Å². The third kappa shape index (κ3) is 2.51. The van der Waals surface area contributed by atoms with Crippen molar-refractivity contribution in [3.8, 4) is 0 Å². The van der Waals surface area contributed by atoms with Crippen LogP contribution in [0.2, 0.25) is 0 Å². The summed E-state index contributed by atoms with van der Waals surface area (Å²) in [6.45, 7) is 2.32. The summed E-state index contributed by atoms with van der Waals surface area (Å²) < 4.78 is 13.1. The second kappa shape index (κ2) is 5.27. The van der Waals surface area contributed by atoms with Crippen molar-refractivity contribution in [1.82, 2.24) is 5.48 Å². The molecule has 0 saturated carbocycles. The monoisotopic (exact) mass is 224 g/mol. The zero-order valence-electron chi connectivity index (χ0n) is 9.25. The van der Waals surface area contributed by atoms with Crippen LogP contribution in [0.15, 0.2) is 18.2 Å². The van der Waals surface area contributed by atoms with Crippen LogP contribution in [0.5, 0.6) is 0 Å². The summed E-state index contributed by atoms with van der Waals surface area (Å²) in [5, 5.41) is 8.74. The van der Waals surface area contributed by atoms with Gasteiger partial charge in [-0.1, -0.05) is 0 Å². The zero-order valence-corrected chi connectivity index (χ0v) is 9.25. The predicted octanol–water partition coefficient (Wildman–Crippen LogP) is 2.29. The van der Waals surface area contributed by atoms with Gasteiger partial charge >= 0.3 is 0 Å². The van der Waals surface area contributed by atoms with Gasteiger partial charge in [0.25, 0.3) is 0 Å². The number of hydrogen-bond donors (Lipinski definition) is 2. The molecule has 4 heteroatoms. The highest BCUT2D eigenvalue weighted by Gasteiger charge is 2.14. The van der Waals surface area contributed by atoms with Crippen molar-refractivity contribution in [2.45, 2.75) is 25.8 Å². The molecule has 0 aliphatic carbocycles. The fourth-order valence-electron chi connectivity index (χ4n) is 2.22. The maximum Gasteiger partial charge on any atom is 0.123 e. The number of benzene rings is 1. The maximum atomic E-state index is 13.1. The average molecular weight is 224 g/mol. The summed E-state index contributed by atoms with van der Waals surface area (Å²) in [6.07, 6.45) is 3.64. The van der Waals surface area contributed by atoms with Gasteiger partial charge in [0, 0.05) is 25.3 Å². The van der Waals surface area contributed by atoms with Crippen molar-refractivity contribution < 1.29 is 9.60 Å². The molecule has 1 aliphatic heterocycles. The van der Waals surface area contributed by atoms with Crippen LogP contribution in [-0.2, 0) is 6.54 Å². The van der Waals surface area contributed by atoms with Crippen molar-refractivity contribution in [1.29, 1.82) is 0 Å². The van der Waals surface area contributed by atoms with E-state index in [2.05, 4.69) is 10.4 Å². The number of anilines is 1. The van der Waals surface area contributed by atoms with E-state index < -0.39 is 0 Å². The predicted molar refractivity (Wildman–Crippen MR) is 61.1 cm³/mol. The quantitative estimate of drug-likeness (QED) is 0.773. The number of hydrogen-bond acceptors (Lipinski definition) is 3. The molecular formula is C12H17FN2O. The maximum absolute atomic E-state index is 13.1. The van der Waals surface area contributed by atoms with Crippen molar-refractivity contribution in [2.75, 3.05) is 18.0 Å². The van der Waals surface area contributed by atoms with E-state index in [1.54, 1.807) is 6.07 Å². The molecule has 1 aromatic carbocycles. The summed E-state index contributed by atoms with van der Waals surface area (Å²) >= 11 is 0. The third-order valence-electron chi connectivity index (χ3n) is 3.01. The Hall–Kier alpha value is -1.13. The molecule has 0 unspecified atom stereocenters. The Labute approximate surface area is 94.8 Å². The number of nitrogens with zero attached hydrogens (tertiary/aromatic N) is 1. The fourth-order valence-corrected chi connectivity index (χ4v) is 2.22. The van der Waals surface area contributed by atoms with Gasteiger partial charge < -0.3 is 10.1 Å². The lowest BCUT2D eigenvalue weighted by Gasteiger charge is -2.30. The molecule has 2 N–H and O–H groups in total. The molecule has 0 radical (unpaired) electrons. The third-order valence-corrected chi connectivity index (χ3v) is 3.01. The van der Waals surface area contributed by atoms with Gasteiger partial charge in [0.1, 0.15) is 5.82 Å². The minimum Gasteiger partial charge on any atom is -0.371 e. The van der Waals surface area contributed by atoms with Crippen molar-refractivity contribution in [2.24, 2.45) is 0 Å². The second-order valence-corrected chi connectivity index (χ2v) is 4.16. The fraction of sp³-hybridized carbons (Fsp3) is 0.500. The molecule has 16 heavy (non-hydrogen) atoms. The second-order valence-electron chi connectivity index (χ2n) is 4.16. The van der Waals surface area contributed by atoms with Crippen molar-refractivity contribution >= 4 is 5.69 Å². The Morgan fingerprint density at radius 2 is 2.00 bits per heavy atom. The minimum atomic E-state index is -0.258. The molecule has 0 spiro atoms. The first kappa shape index (κ1) is 11.4. The van der Waals surface area contributed by atoms with Crippen LogP contribution in [0.25, 0.3) is 0 Å². The molecule has 0 aromatic heterocycles. The Morgan fingerprint density at radius 3 is 2.69 bits per heavy atom. The van der Waals surface area contributed by atoms with E-state index in [0.717, 1.165) is 24.3 Å². The topological polar surface area (TPSA) is 35.5 Å². The molecule has 1 saturated heterocycles. The van der Waals surface area contributed by atoms with E-state index in [-0.39, 0.29) is 12.4 Å². The van der Waals surface area contributed by atoms with E-state index in [9.17, 15) is 4.39 Å². The molecular weight excluding hydrogens is 207 g/mol. The first-order valence-electron chi connectivity index (χ1n) is 5.71. The number of piperidine rings is 1. The molecule has 1 fully saturated rings. The van der Waals surface area contributed by atoms with E-state index >= 15 is 0 Å². The molecule has 0 bridgehead atoms. The lowest BCUT2D eigenvalue weighted by molar-refractivity contribution is 0.161. The lowest BCUT2D eigenvalue weighted by atomic mass is 10.1. The molecule has 88 valence electrons. The van der Waals surface area contributed by atoms with E-state index in [4.69, 9.17) is 5.21 Å². The van der Waals surface area contributed by atoms with Gasteiger partial charge in [-0.3, -0.25) is 0 Å². The van der Waals surface area contributed by atoms with Crippen LogP contribution >= 0.6 is 0 Å². The Bertz CT molecular complexity index is 351. The van der Waals surface area contributed by atoms with E-state index in [1.165, 1.54) is 31.4 Å². The summed E-state index contributed by atoms with van der Waals surface area (Å²) in [4.78, 5) is 2.26. The van der Waals surface area contributed by atoms with Gasteiger partial charge in [-0.15, -0.1) is 0 Å². The van der Waals surface area contributed by atoms with Crippen LogP contribution in [0, 0.1) is 5.82 Å². The van der Waals surface area contributed by atoms with Gasteiger partial charge in [0.2, 0.25) is 0 Å². The minimum absolute atomic E-state index is 0.258. The Balaban J connectivity index is 2.23. The molecule has 2 rings (SSSR count). The van der Waals surface area contributed by atoms with Crippen LogP contribution in [0.1, 0.15) is 24.8 Å². The van der Waals surface area contributed by atoms with E-state index in [1.807, 2.05) is 0 Å².